The first-order chi connectivity index (χ1) is 9.33. The summed E-state index contributed by atoms with van der Waals surface area (Å²) in [5.74, 6) is -0.678. The first kappa shape index (κ1) is 15.7. The van der Waals surface area contributed by atoms with Crippen LogP contribution in [0.1, 0.15) is 27.2 Å². The molecule has 1 aromatic carbocycles. The fourth-order valence-corrected chi connectivity index (χ4v) is 1.65. The number of benzene rings is 1. The van der Waals surface area contributed by atoms with Gasteiger partial charge in [0.25, 0.3) is 5.69 Å². The van der Waals surface area contributed by atoms with Crippen molar-refractivity contribution in [3.8, 4) is 5.75 Å². The third-order valence-electron chi connectivity index (χ3n) is 2.52. The van der Waals surface area contributed by atoms with Gasteiger partial charge in [-0.2, -0.15) is 0 Å². The molecule has 0 heterocycles. The maximum Gasteiger partial charge on any atom is 0.326 e. The monoisotopic (exact) mass is 282 g/mol. The zero-order chi connectivity index (χ0) is 15.3. The van der Waals surface area contributed by atoms with Gasteiger partial charge in [0, 0.05) is 17.8 Å². The van der Waals surface area contributed by atoms with E-state index in [9.17, 15) is 14.9 Å². The summed E-state index contributed by atoms with van der Waals surface area (Å²) >= 11 is 0. The van der Waals surface area contributed by atoms with E-state index in [1.807, 2.05) is 0 Å². The number of rotatable bonds is 7. The molecular formula is C13H18N2O5. The van der Waals surface area contributed by atoms with E-state index in [2.05, 4.69) is 5.32 Å². The van der Waals surface area contributed by atoms with Crippen molar-refractivity contribution in [1.82, 2.24) is 0 Å². The Kier molecular flexibility index (Phi) is 5.31. The van der Waals surface area contributed by atoms with Gasteiger partial charge in [-0.1, -0.05) is 6.92 Å². The van der Waals surface area contributed by atoms with Crippen LogP contribution in [-0.4, -0.2) is 28.1 Å². The Morgan fingerprint density at radius 3 is 2.55 bits per heavy atom. The van der Waals surface area contributed by atoms with E-state index in [0.29, 0.717) is 17.9 Å². The number of ether oxygens (including phenoxy) is 1. The second kappa shape index (κ2) is 6.74. The molecule has 0 amide bonds. The molecule has 7 nitrogen and oxygen atoms in total. The number of nitrogens with zero attached hydrogens (tertiary/aromatic N) is 1. The first-order valence-corrected chi connectivity index (χ1v) is 6.29. The highest BCUT2D eigenvalue weighted by atomic mass is 16.6. The molecule has 2 N–H and O–H groups in total. The summed E-state index contributed by atoms with van der Waals surface area (Å²) in [6.45, 7) is 5.32. The van der Waals surface area contributed by atoms with Gasteiger partial charge in [0.15, 0.2) is 0 Å². The predicted octanol–water partition coefficient (Wildman–Crippen LogP) is 2.66. The molecule has 0 spiro atoms. The van der Waals surface area contributed by atoms with E-state index < -0.39 is 16.9 Å². The van der Waals surface area contributed by atoms with Crippen molar-refractivity contribution in [3.63, 3.8) is 0 Å². The summed E-state index contributed by atoms with van der Waals surface area (Å²) in [5.41, 5.74) is 0.204. The van der Waals surface area contributed by atoms with Crippen LogP contribution in [0.15, 0.2) is 18.2 Å². The molecule has 110 valence electrons. The van der Waals surface area contributed by atoms with Crippen molar-refractivity contribution in [2.45, 2.75) is 39.3 Å². The number of carboxylic acid groups (broad SMARTS) is 1. The summed E-state index contributed by atoms with van der Waals surface area (Å²) in [5, 5.41) is 22.6. The van der Waals surface area contributed by atoms with Gasteiger partial charge in [-0.3, -0.25) is 10.1 Å². The number of carbonyl (C=O) groups is 1. The van der Waals surface area contributed by atoms with Crippen LogP contribution in [0.4, 0.5) is 11.4 Å². The van der Waals surface area contributed by atoms with Crippen molar-refractivity contribution in [3.05, 3.63) is 28.3 Å². The highest BCUT2D eigenvalue weighted by Crippen LogP contribution is 2.27. The Labute approximate surface area is 116 Å². The number of non-ortho nitro benzene ring substituents is 1. The van der Waals surface area contributed by atoms with Crippen LogP contribution < -0.4 is 10.1 Å². The molecule has 7 heteroatoms. The third kappa shape index (κ3) is 4.42. The van der Waals surface area contributed by atoms with Crippen LogP contribution >= 0.6 is 0 Å². The maximum absolute atomic E-state index is 11.0. The fourth-order valence-electron chi connectivity index (χ4n) is 1.65. The number of hydrogen-bond donors (Lipinski definition) is 2. The molecule has 0 aliphatic rings. The van der Waals surface area contributed by atoms with Crippen LogP contribution in [0.25, 0.3) is 0 Å². The number of nitro groups is 1. The van der Waals surface area contributed by atoms with Crippen molar-refractivity contribution in [2.24, 2.45) is 0 Å². The van der Waals surface area contributed by atoms with Gasteiger partial charge in [0.05, 0.1) is 17.1 Å². The van der Waals surface area contributed by atoms with Gasteiger partial charge in [-0.15, -0.1) is 0 Å². The lowest BCUT2D eigenvalue weighted by Crippen LogP contribution is -2.28. The number of carboxylic acids is 1. The Morgan fingerprint density at radius 2 is 2.10 bits per heavy atom. The van der Waals surface area contributed by atoms with E-state index >= 15 is 0 Å². The summed E-state index contributed by atoms with van der Waals surface area (Å²) in [6.07, 6.45) is 0.226. The lowest BCUT2D eigenvalue weighted by molar-refractivity contribution is -0.384. The van der Waals surface area contributed by atoms with Crippen LogP contribution in [0, 0.1) is 10.1 Å². The average Bonchev–Trinajstić information content (AvgIpc) is 2.34. The molecule has 20 heavy (non-hydrogen) atoms. The molecule has 1 atom stereocenters. The van der Waals surface area contributed by atoms with Crippen molar-refractivity contribution < 1.29 is 19.6 Å². The molecule has 0 aliphatic carbocycles. The first-order valence-electron chi connectivity index (χ1n) is 6.29. The maximum atomic E-state index is 11.0. The normalized spacial score (nSPS) is 12.0. The summed E-state index contributed by atoms with van der Waals surface area (Å²) in [4.78, 5) is 21.3. The minimum absolute atomic E-state index is 0.133. The number of hydrogen-bond acceptors (Lipinski definition) is 5. The van der Waals surface area contributed by atoms with Gasteiger partial charge < -0.3 is 15.2 Å². The minimum Gasteiger partial charge on any atom is -0.491 e. The zero-order valence-corrected chi connectivity index (χ0v) is 11.6. The topological polar surface area (TPSA) is 102 Å². The standard InChI is InChI=1S/C13H18N2O5/c1-4-12(13(16)17)14-9-5-10(15(18)19)7-11(6-9)20-8(2)3/h5-8,12,14H,4H2,1-3H3,(H,16,17). The molecule has 0 radical (unpaired) electrons. The number of nitrogens with one attached hydrogen (secondary N) is 1. The number of anilines is 1. The van der Waals surface area contributed by atoms with Crippen LogP contribution in [0.5, 0.6) is 5.75 Å². The van der Waals surface area contributed by atoms with Crippen molar-refractivity contribution >= 4 is 17.3 Å². The third-order valence-corrected chi connectivity index (χ3v) is 2.52. The quantitative estimate of drug-likeness (QED) is 0.589. The predicted molar refractivity (Wildman–Crippen MR) is 74.2 cm³/mol. The van der Waals surface area contributed by atoms with Crippen molar-refractivity contribution in [2.75, 3.05) is 5.32 Å². The highest BCUT2D eigenvalue weighted by Gasteiger charge is 2.17. The molecule has 0 aromatic heterocycles. The van der Waals surface area contributed by atoms with E-state index in [1.54, 1.807) is 26.8 Å². The minimum atomic E-state index is -1.01. The molecular weight excluding hydrogens is 264 g/mol. The lowest BCUT2D eigenvalue weighted by Gasteiger charge is -2.15. The number of aliphatic carboxylic acids is 1. The smallest absolute Gasteiger partial charge is 0.326 e. The molecule has 0 fully saturated rings. The van der Waals surface area contributed by atoms with E-state index in [1.165, 1.54) is 12.1 Å². The Hall–Kier alpha value is -2.31. The fraction of sp³-hybridized carbons (Fsp3) is 0.462. The number of nitro benzene ring substituents is 1. The zero-order valence-electron chi connectivity index (χ0n) is 11.6. The summed E-state index contributed by atoms with van der Waals surface area (Å²) < 4.78 is 5.43. The lowest BCUT2D eigenvalue weighted by atomic mass is 10.2. The van der Waals surface area contributed by atoms with Gasteiger partial charge in [0.1, 0.15) is 11.8 Å². The van der Waals surface area contributed by atoms with Crippen LogP contribution in [0.3, 0.4) is 0 Å². The van der Waals surface area contributed by atoms with Gasteiger partial charge >= 0.3 is 5.97 Å². The molecule has 0 aliphatic heterocycles. The molecule has 1 aromatic rings. The van der Waals surface area contributed by atoms with Crippen LogP contribution in [0.2, 0.25) is 0 Å². The molecule has 1 unspecified atom stereocenters. The second-order valence-corrected chi connectivity index (χ2v) is 4.58. The van der Waals surface area contributed by atoms with Gasteiger partial charge in [-0.05, 0) is 20.3 Å². The average molecular weight is 282 g/mol. The Morgan fingerprint density at radius 1 is 1.45 bits per heavy atom. The highest BCUT2D eigenvalue weighted by molar-refractivity contribution is 5.77. The summed E-state index contributed by atoms with van der Waals surface area (Å²) in [7, 11) is 0. The van der Waals surface area contributed by atoms with E-state index in [0.717, 1.165) is 0 Å². The van der Waals surface area contributed by atoms with Gasteiger partial charge in [0.2, 0.25) is 0 Å². The van der Waals surface area contributed by atoms with Gasteiger partial charge in [-0.25, -0.2) is 4.79 Å². The Bertz CT molecular complexity index is 502. The molecule has 0 saturated carbocycles. The van der Waals surface area contributed by atoms with E-state index in [4.69, 9.17) is 9.84 Å². The molecule has 0 saturated heterocycles. The largest absolute Gasteiger partial charge is 0.491 e. The van der Waals surface area contributed by atoms with E-state index in [-0.39, 0.29) is 11.8 Å². The SMILES string of the molecule is CCC(Nc1cc(OC(C)C)cc([N+](=O)[O-])c1)C(=O)O. The second-order valence-electron chi connectivity index (χ2n) is 4.58. The summed E-state index contributed by atoms with van der Waals surface area (Å²) in [6, 6.07) is 3.36. The molecule has 1 rings (SSSR count). The Balaban J connectivity index is 3.08. The van der Waals surface area contributed by atoms with Crippen LogP contribution in [-0.2, 0) is 4.79 Å². The molecule has 0 bridgehead atoms. The van der Waals surface area contributed by atoms with Crippen molar-refractivity contribution in [1.29, 1.82) is 0 Å².